The molecule has 1 fully saturated rings. The zero-order valence-electron chi connectivity index (χ0n) is 13.5. The number of likely N-dealkylation sites (tertiary alicyclic amines) is 1. The molecule has 0 radical (unpaired) electrons. The van der Waals surface area contributed by atoms with Crippen molar-refractivity contribution in [3.63, 3.8) is 0 Å². The molecule has 1 aliphatic rings. The average molecular weight is 314 g/mol. The van der Waals surface area contributed by atoms with Crippen LogP contribution in [0.1, 0.15) is 12.0 Å². The number of aromatic nitrogens is 2. The van der Waals surface area contributed by atoms with Gasteiger partial charge in [0.25, 0.3) is 0 Å². The van der Waals surface area contributed by atoms with Gasteiger partial charge in [-0.1, -0.05) is 12.1 Å². The Morgan fingerprint density at radius 3 is 2.91 bits per heavy atom. The average Bonchev–Trinajstić information content (AvgIpc) is 3.02. The summed E-state index contributed by atoms with van der Waals surface area (Å²) in [6, 6.07) is 8.32. The first-order valence-corrected chi connectivity index (χ1v) is 7.75. The fourth-order valence-electron chi connectivity index (χ4n) is 3.00. The lowest BCUT2D eigenvalue weighted by atomic mass is 10.1. The number of ether oxygens (including phenoxy) is 2. The lowest BCUT2D eigenvalue weighted by Gasteiger charge is -2.19. The molecule has 1 saturated heterocycles. The third-order valence-electron chi connectivity index (χ3n) is 4.08. The second-order valence-corrected chi connectivity index (χ2v) is 5.61. The highest BCUT2D eigenvalue weighted by atomic mass is 16.5. The van der Waals surface area contributed by atoms with Crippen LogP contribution in [0.2, 0.25) is 0 Å². The highest BCUT2D eigenvalue weighted by Gasteiger charge is 2.24. The standard InChI is InChI=1S/C17H22N4O2/c1-22-15-5-3-4-13(17(15)23-2)10-21-9-7-14(11-21)20-16-6-8-18-12-19-16/h3-6,8,12,14H,7,9-11H2,1-2H3,(H,18,19,20). The molecule has 2 heterocycles. The van der Waals surface area contributed by atoms with Gasteiger partial charge in [-0.15, -0.1) is 0 Å². The van der Waals surface area contributed by atoms with Crippen LogP contribution in [0.25, 0.3) is 0 Å². The first-order valence-electron chi connectivity index (χ1n) is 7.75. The van der Waals surface area contributed by atoms with Gasteiger partial charge in [0.2, 0.25) is 0 Å². The topological polar surface area (TPSA) is 59.5 Å². The van der Waals surface area contributed by atoms with Crippen molar-refractivity contribution in [2.24, 2.45) is 0 Å². The van der Waals surface area contributed by atoms with E-state index in [1.54, 1.807) is 26.7 Å². The number of nitrogens with zero attached hydrogens (tertiary/aromatic N) is 3. The summed E-state index contributed by atoms with van der Waals surface area (Å²) in [5.41, 5.74) is 1.15. The number of hydrogen-bond acceptors (Lipinski definition) is 6. The van der Waals surface area contributed by atoms with Crippen molar-refractivity contribution >= 4 is 5.82 Å². The number of para-hydroxylation sites is 1. The second-order valence-electron chi connectivity index (χ2n) is 5.61. The van der Waals surface area contributed by atoms with Crippen LogP contribution in [0.5, 0.6) is 11.5 Å². The summed E-state index contributed by atoms with van der Waals surface area (Å²) < 4.78 is 10.9. The van der Waals surface area contributed by atoms with Crippen LogP contribution in [-0.4, -0.2) is 48.2 Å². The van der Waals surface area contributed by atoms with E-state index >= 15 is 0 Å². The fourth-order valence-corrected chi connectivity index (χ4v) is 3.00. The molecule has 2 aromatic rings. The van der Waals surface area contributed by atoms with Crippen molar-refractivity contribution in [1.29, 1.82) is 0 Å². The molecule has 1 unspecified atom stereocenters. The Hall–Kier alpha value is -2.34. The smallest absolute Gasteiger partial charge is 0.165 e. The van der Waals surface area contributed by atoms with Gasteiger partial charge in [-0.3, -0.25) is 4.90 Å². The van der Waals surface area contributed by atoms with E-state index < -0.39 is 0 Å². The second kappa shape index (κ2) is 7.28. The van der Waals surface area contributed by atoms with Crippen molar-refractivity contribution in [2.45, 2.75) is 19.0 Å². The van der Waals surface area contributed by atoms with E-state index in [1.165, 1.54) is 0 Å². The minimum atomic E-state index is 0.404. The van der Waals surface area contributed by atoms with Crippen LogP contribution in [0.15, 0.2) is 36.8 Å². The van der Waals surface area contributed by atoms with Gasteiger partial charge in [-0.25, -0.2) is 9.97 Å². The summed E-state index contributed by atoms with van der Waals surface area (Å²) in [6.45, 7) is 2.87. The van der Waals surface area contributed by atoms with E-state index in [1.807, 2.05) is 18.2 Å². The molecule has 0 spiro atoms. The molecule has 0 bridgehead atoms. The fraction of sp³-hybridized carbons (Fsp3) is 0.412. The molecule has 3 rings (SSSR count). The Kier molecular flexibility index (Phi) is 4.92. The number of nitrogens with one attached hydrogen (secondary N) is 1. The van der Waals surface area contributed by atoms with Crippen molar-refractivity contribution in [3.8, 4) is 11.5 Å². The molecule has 1 aliphatic heterocycles. The predicted octanol–water partition coefficient (Wildman–Crippen LogP) is 2.18. The largest absolute Gasteiger partial charge is 0.493 e. The number of hydrogen-bond donors (Lipinski definition) is 1. The van der Waals surface area contributed by atoms with Crippen LogP contribution >= 0.6 is 0 Å². The maximum absolute atomic E-state index is 5.52. The summed E-state index contributed by atoms with van der Waals surface area (Å²) in [5.74, 6) is 2.48. The monoisotopic (exact) mass is 314 g/mol. The molecular formula is C17H22N4O2. The Balaban J connectivity index is 1.62. The maximum Gasteiger partial charge on any atom is 0.165 e. The normalized spacial score (nSPS) is 17.9. The van der Waals surface area contributed by atoms with Gasteiger partial charge in [-0.05, 0) is 18.6 Å². The van der Waals surface area contributed by atoms with Gasteiger partial charge in [-0.2, -0.15) is 0 Å². The Morgan fingerprint density at radius 1 is 1.26 bits per heavy atom. The van der Waals surface area contributed by atoms with Crippen molar-refractivity contribution in [1.82, 2.24) is 14.9 Å². The molecule has 6 heteroatoms. The van der Waals surface area contributed by atoms with Crippen molar-refractivity contribution < 1.29 is 9.47 Å². The summed E-state index contributed by atoms with van der Waals surface area (Å²) in [5, 5.41) is 3.46. The number of rotatable bonds is 6. The quantitative estimate of drug-likeness (QED) is 0.882. The molecule has 1 aromatic carbocycles. The molecule has 0 saturated carbocycles. The van der Waals surface area contributed by atoms with Gasteiger partial charge in [0.1, 0.15) is 12.1 Å². The molecule has 1 N–H and O–H groups in total. The highest BCUT2D eigenvalue weighted by molar-refractivity contribution is 5.46. The van der Waals surface area contributed by atoms with Crippen LogP contribution in [0.3, 0.4) is 0 Å². The Labute approximate surface area is 136 Å². The van der Waals surface area contributed by atoms with E-state index in [4.69, 9.17) is 9.47 Å². The molecule has 23 heavy (non-hydrogen) atoms. The van der Waals surface area contributed by atoms with E-state index in [0.29, 0.717) is 6.04 Å². The van der Waals surface area contributed by atoms with E-state index in [2.05, 4.69) is 26.3 Å². The first-order chi connectivity index (χ1) is 11.3. The van der Waals surface area contributed by atoms with Crippen LogP contribution in [0, 0.1) is 0 Å². The predicted molar refractivity (Wildman–Crippen MR) is 88.9 cm³/mol. The molecule has 0 aliphatic carbocycles. The molecular weight excluding hydrogens is 292 g/mol. The van der Waals surface area contributed by atoms with Crippen molar-refractivity contribution in [2.75, 3.05) is 32.6 Å². The zero-order valence-corrected chi connectivity index (χ0v) is 13.5. The third-order valence-corrected chi connectivity index (χ3v) is 4.08. The minimum absolute atomic E-state index is 0.404. The van der Waals surface area contributed by atoms with Crippen LogP contribution in [0.4, 0.5) is 5.82 Å². The summed E-state index contributed by atoms with van der Waals surface area (Å²) in [4.78, 5) is 10.6. The maximum atomic E-state index is 5.52. The Morgan fingerprint density at radius 2 is 2.17 bits per heavy atom. The van der Waals surface area contributed by atoms with Gasteiger partial charge in [0.15, 0.2) is 11.5 Å². The summed E-state index contributed by atoms with van der Waals surface area (Å²) in [6.07, 6.45) is 4.41. The lowest BCUT2D eigenvalue weighted by molar-refractivity contribution is 0.310. The van der Waals surface area contributed by atoms with E-state index in [0.717, 1.165) is 48.9 Å². The van der Waals surface area contributed by atoms with Gasteiger partial charge in [0.05, 0.1) is 14.2 Å². The number of methoxy groups -OCH3 is 2. The molecule has 0 amide bonds. The van der Waals surface area contributed by atoms with Gasteiger partial charge in [0, 0.05) is 37.4 Å². The SMILES string of the molecule is COc1cccc(CN2CCC(Nc3ccncn3)C2)c1OC. The first kappa shape index (κ1) is 15.6. The number of anilines is 1. The third kappa shape index (κ3) is 3.71. The Bertz CT molecular complexity index is 636. The zero-order chi connectivity index (χ0) is 16.1. The van der Waals surface area contributed by atoms with E-state index in [9.17, 15) is 0 Å². The molecule has 1 aromatic heterocycles. The summed E-state index contributed by atoms with van der Waals surface area (Å²) >= 11 is 0. The molecule has 122 valence electrons. The van der Waals surface area contributed by atoms with Crippen LogP contribution in [-0.2, 0) is 6.54 Å². The van der Waals surface area contributed by atoms with Crippen molar-refractivity contribution in [3.05, 3.63) is 42.4 Å². The number of benzene rings is 1. The summed E-state index contributed by atoms with van der Waals surface area (Å²) in [7, 11) is 3.35. The lowest BCUT2D eigenvalue weighted by Crippen LogP contribution is -2.26. The van der Waals surface area contributed by atoms with Gasteiger partial charge < -0.3 is 14.8 Å². The van der Waals surface area contributed by atoms with E-state index in [-0.39, 0.29) is 0 Å². The molecule has 6 nitrogen and oxygen atoms in total. The van der Waals surface area contributed by atoms with Gasteiger partial charge >= 0.3 is 0 Å². The highest BCUT2D eigenvalue weighted by Crippen LogP contribution is 2.32. The minimum Gasteiger partial charge on any atom is -0.493 e. The van der Waals surface area contributed by atoms with Crippen LogP contribution < -0.4 is 14.8 Å². The molecule has 1 atom stereocenters.